The topological polar surface area (TPSA) is 36.9 Å². The molecule has 0 aliphatic heterocycles. The van der Waals surface area contributed by atoms with E-state index >= 15 is 0 Å². The van der Waals surface area contributed by atoms with Gasteiger partial charge in [-0.2, -0.15) is 0 Å². The van der Waals surface area contributed by atoms with Crippen molar-refractivity contribution >= 4 is 0 Å². The van der Waals surface area contributed by atoms with Gasteiger partial charge in [0.1, 0.15) is 11.9 Å². The van der Waals surface area contributed by atoms with Gasteiger partial charge in [0, 0.05) is 25.3 Å². The minimum absolute atomic E-state index is 0.0941. The van der Waals surface area contributed by atoms with Gasteiger partial charge < -0.3 is 18.9 Å². The number of aryl methyl sites for hydroxylation is 1. The summed E-state index contributed by atoms with van der Waals surface area (Å²) in [5.41, 5.74) is 3.37. The molecule has 1 aromatic rings. The highest BCUT2D eigenvalue weighted by Gasteiger charge is 2.30. The van der Waals surface area contributed by atoms with Crippen LogP contribution in [0.15, 0.2) is 12.1 Å². The summed E-state index contributed by atoms with van der Waals surface area (Å²) in [6.07, 6.45) is 6.06. The highest BCUT2D eigenvalue weighted by atomic mass is 16.5. The van der Waals surface area contributed by atoms with Gasteiger partial charge >= 0.3 is 0 Å². The van der Waals surface area contributed by atoms with E-state index in [0.29, 0.717) is 13.2 Å². The van der Waals surface area contributed by atoms with Gasteiger partial charge in [-0.15, -0.1) is 0 Å². The van der Waals surface area contributed by atoms with Gasteiger partial charge in [0.15, 0.2) is 0 Å². The summed E-state index contributed by atoms with van der Waals surface area (Å²) in [7, 11) is 3.44. The predicted molar refractivity (Wildman–Crippen MR) is 100 cm³/mol. The second-order valence-electron chi connectivity index (χ2n) is 7.11. The lowest BCUT2D eigenvalue weighted by Crippen LogP contribution is -2.39. The normalized spacial score (nSPS) is 22.0. The fourth-order valence-corrected chi connectivity index (χ4v) is 3.50. The summed E-state index contributed by atoms with van der Waals surface area (Å²) in [4.78, 5) is 0. The first-order chi connectivity index (χ1) is 12.1. The zero-order valence-corrected chi connectivity index (χ0v) is 16.5. The van der Waals surface area contributed by atoms with Crippen molar-refractivity contribution in [2.24, 2.45) is 0 Å². The van der Waals surface area contributed by atoms with Gasteiger partial charge in [-0.25, -0.2) is 0 Å². The monoisotopic (exact) mass is 350 g/mol. The Labute approximate surface area is 152 Å². The van der Waals surface area contributed by atoms with Crippen LogP contribution >= 0.6 is 0 Å². The van der Waals surface area contributed by atoms with Gasteiger partial charge in [0.05, 0.1) is 25.4 Å². The van der Waals surface area contributed by atoms with Crippen molar-refractivity contribution in [3.05, 3.63) is 28.8 Å². The molecule has 3 unspecified atom stereocenters. The van der Waals surface area contributed by atoms with Crippen LogP contribution in [0.25, 0.3) is 0 Å². The lowest BCUT2D eigenvalue weighted by atomic mass is 9.94. The maximum absolute atomic E-state index is 6.55. The molecule has 4 heteroatoms. The summed E-state index contributed by atoms with van der Waals surface area (Å²) in [6, 6.07) is 4.29. The van der Waals surface area contributed by atoms with Crippen LogP contribution in [-0.2, 0) is 27.4 Å². The van der Waals surface area contributed by atoms with Crippen LogP contribution in [0.1, 0.15) is 62.6 Å². The molecule has 1 aliphatic rings. The van der Waals surface area contributed by atoms with Crippen LogP contribution in [0, 0.1) is 6.92 Å². The van der Waals surface area contributed by atoms with Crippen LogP contribution in [0.4, 0.5) is 0 Å². The molecule has 142 valence electrons. The van der Waals surface area contributed by atoms with Gasteiger partial charge in [0.25, 0.3) is 0 Å². The van der Waals surface area contributed by atoms with Crippen LogP contribution in [-0.4, -0.2) is 32.5 Å². The maximum atomic E-state index is 6.55. The Bertz CT molecular complexity index is 502. The zero-order chi connectivity index (χ0) is 18.2. The lowest BCUT2D eigenvalue weighted by molar-refractivity contribution is -0.0807. The molecule has 0 N–H and O–H groups in total. The predicted octanol–water partition coefficient (Wildman–Crippen LogP) is 4.79. The molecule has 1 aliphatic carbocycles. The van der Waals surface area contributed by atoms with E-state index in [4.69, 9.17) is 18.9 Å². The Balaban J connectivity index is 2.25. The minimum atomic E-state index is 0.0941. The fourth-order valence-electron chi connectivity index (χ4n) is 3.50. The average molecular weight is 350 g/mol. The molecule has 1 saturated carbocycles. The molecule has 0 heterocycles. The van der Waals surface area contributed by atoms with E-state index in [9.17, 15) is 0 Å². The molecular formula is C21H34O4. The molecule has 25 heavy (non-hydrogen) atoms. The molecular weight excluding hydrogens is 316 g/mol. The van der Waals surface area contributed by atoms with Crippen LogP contribution in [0.2, 0.25) is 0 Å². The van der Waals surface area contributed by atoms with Crippen molar-refractivity contribution < 1.29 is 18.9 Å². The van der Waals surface area contributed by atoms with E-state index in [2.05, 4.69) is 32.9 Å². The van der Waals surface area contributed by atoms with Crippen molar-refractivity contribution in [1.29, 1.82) is 0 Å². The SMILES string of the molecule is CCC(C)OC1CCCCC1Oc1c(COC)cc(C)cc1COC. The highest BCUT2D eigenvalue weighted by molar-refractivity contribution is 5.44. The minimum Gasteiger partial charge on any atom is -0.487 e. The molecule has 2 rings (SSSR count). The molecule has 0 bridgehead atoms. The van der Waals surface area contributed by atoms with E-state index in [1.54, 1.807) is 14.2 Å². The van der Waals surface area contributed by atoms with E-state index in [1.165, 1.54) is 18.4 Å². The van der Waals surface area contributed by atoms with Crippen LogP contribution in [0.3, 0.4) is 0 Å². The van der Waals surface area contributed by atoms with E-state index in [0.717, 1.165) is 36.1 Å². The van der Waals surface area contributed by atoms with E-state index in [1.807, 2.05) is 0 Å². The number of rotatable bonds is 9. The second kappa shape index (κ2) is 10.1. The average Bonchev–Trinajstić information content (AvgIpc) is 2.59. The third-order valence-corrected chi connectivity index (χ3v) is 4.88. The largest absolute Gasteiger partial charge is 0.487 e. The first-order valence-electron chi connectivity index (χ1n) is 9.51. The standard InChI is InChI=1S/C21H34O4/c1-6-16(3)24-19-9-7-8-10-20(19)25-21-17(13-22-4)11-15(2)12-18(21)14-23-5/h11-12,16,19-20H,6-10,13-14H2,1-5H3. The molecule has 0 aromatic heterocycles. The summed E-state index contributed by atoms with van der Waals surface area (Å²) in [5.74, 6) is 0.916. The molecule has 3 atom stereocenters. The second-order valence-corrected chi connectivity index (χ2v) is 7.11. The van der Waals surface area contributed by atoms with Crippen molar-refractivity contribution in [1.82, 2.24) is 0 Å². The Hall–Kier alpha value is -1.10. The number of hydrogen-bond acceptors (Lipinski definition) is 4. The Kier molecular flexibility index (Phi) is 8.20. The number of ether oxygens (including phenoxy) is 4. The van der Waals surface area contributed by atoms with Gasteiger partial charge in [0.2, 0.25) is 0 Å². The first kappa shape index (κ1) is 20.2. The summed E-state index contributed by atoms with van der Waals surface area (Å²) in [5, 5.41) is 0. The molecule has 4 nitrogen and oxygen atoms in total. The molecule has 0 amide bonds. The van der Waals surface area contributed by atoms with Gasteiger partial charge in [-0.1, -0.05) is 31.0 Å². The lowest BCUT2D eigenvalue weighted by Gasteiger charge is -2.34. The first-order valence-corrected chi connectivity index (χ1v) is 9.51. The van der Waals surface area contributed by atoms with Gasteiger partial charge in [-0.3, -0.25) is 0 Å². The molecule has 0 radical (unpaired) electrons. The van der Waals surface area contributed by atoms with Crippen molar-refractivity contribution in [3.63, 3.8) is 0 Å². The summed E-state index contributed by atoms with van der Waals surface area (Å²) in [6.45, 7) is 7.48. The van der Waals surface area contributed by atoms with Gasteiger partial charge in [-0.05, 0) is 39.5 Å². The third kappa shape index (κ3) is 5.70. The zero-order valence-electron chi connectivity index (χ0n) is 16.5. The summed E-state index contributed by atoms with van der Waals surface area (Å²) < 4.78 is 23.6. The quantitative estimate of drug-likeness (QED) is 0.641. The number of methoxy groups -OCH3 is 2. The number of benzene rings is 1. The maximum Gasteiger partial charge on any atom is 0.130 e. The van der Waals surface area contributed by atoms with E-state index < -0.39 is 0 Å². The highest BCUT2D eigenvalue weighted by Crippen LogP contribution is 2.33. The third-order valence-electron chi connectivity index (χ3n) is 4.88. The van der Waals surface area contributed by atoms with Crippen molar-refractivity contribution in [2.75, 3.05) is 14.2 Å². The Morgan fingerprint density at radius 2 is 1.56 bits per heavy atom. The van der Waals surface area contributed by atoms with E-state index in [-0.39, 0.29) is 18.3 Å². The molecule has 0 spiro atoms. The molecule has 0 saturated heterocycles. The summed E-state index contributed by atoms with van der Waals surface area (Å²) >= 11 is 0. The number of hydrogen-bond donors (Lipinski definition) is 0. The van der Waals surface area contributed by atoms with Crippen molar-refractivity contribution in [3.8, 4) is 5.75 Å². The molecule has 1 aromatic carbocycles. The van der Waals surface area contributed by atoms with Crippen molar-refractivity contribution in [2.45, 2.75) is 84.4 Å². The Morgan fingerprint density at radius 3 is 2.08 bits per heavy atom. The fraction of sp³-hybridized carbons (Fsp3) is 0.714. The smallest absolute Gasteiger partial charge is 0.130 e. The molecule has 1 fully saturated rings. The Morgan fingerprint density at radius 1 is 1.00 bits per heavy atom. The van der Waals surface area contributed by atoms with Crippen LogP contribution < -0.4 is 4.74 Å². The van der Waals surface area contributed by atoms with Crippen LogP contribution in [0.5, 0.6) is 5.75 Å².